The Morgan fingerprint density at radius 2 is 1.56 bits per heavy atom. The fourth-order valence-electron chi connectivity index (χ4n) is 1.96. The molecule has 0 unspecified atom stereocenters. The number of hydrogen-bond acceptors (Lipinski definition) is 1. The van der Waals surface area contributed by atoms with Gasteiger partial charge in [-0.1, -0.05) is 30.3 Å². The van der Waals surface area contributed by atoms with Crippen LogP contribution in [0.25, 0.3) is 16.6 Å². The van der Waals surface area contributed by atoms with Crippen LogP contribution >= 0.6 is 0 Å². The van der Waals surface area contributed by atoms with E-state index in [1.165, 1.54) is 5.39 Å². The van der Waals surface area contributed by atoms with E-state index in [4.69, 9.17) is 0 Å². The Morgan fingerprint density at radius 3 is 2.44 bits per heavy atom. The summed E-state index contributed by atoms with van der Waals surface area (Å²) in [5, 5.41) is 11.0. The van der Waals surface area contributed by atoms with Crippen LogP contribution in [0.3, 0.4) is 0 Å². The summed E-state index contributed by atoms with van der Waals surface area (Å²) in [5.41, 5.74) is 1.91. The second-order valence-electron chi connectivity index (χ2n) is 3.73. The summed E-state index contributed by atoms with van der Waals surface area (Å²) in [7, 11) is 0. The molecule has 3 rings (SSSR count). The molecule has 1 heterocycles. The summed E-state index contributed by atoms with van der Waals surface area (Å²) in [6.45, 7) is 0. The van der Waals surface area contributed by atoms with Crippen molar-refractivity contribution in [1.29, 1.82) is 0 Å². The number of hydrogen-bond donors (Lipinski definition) is 1. The van der Waals surface area contributed by atoms with E-state index in [0.717, 1.165) is 11.2 Å². The van der Waals surface area contributed by atoms with Gasteiger partial charge >= 0.3 is 0 Å². The second kappa shape index (κ2) is 3.42. The summed E-state index contributed by atoms with van der Waals surface area (Å²) in [4.78, 5) is 0. The third kappa shape index (κ3) is 1.27. The highest BCUT2D eigenvalue weighted by Gasteiger charge is 2.05. The van der Waals surface area contributed by atoms with E-state index in [2.05, 4.69) is 6.07 Å². The van der Waals surface area contributed by atoms with Crippen LogP contribution in [0, 0.1) is 0 Å². The van der Waals surface area contributed by atoms with E-state index in [9.17, 15) is 5.11 Å². The predicted octanol–water partition coefficient (Wildman–Crippen LogP) is 3.34. The van der Waals surface area contributed by atoms with Crippen molar-refractivity contribution in [1.82, 2.24) is 4.57 Å². The maximum absolute atomic E-state index is 9.82. The van der Waals surface area contributed by atoms with E-state index < -0.39 is 0 Å². The lowest BCUT2D eigenvalue weighted by Crippen LogP contribution is -1.91. The van der Waals surface area contributed by atoms with Gasteiger partial charge in [0, 0.05) is 6.20 Å². The number of aromatic nitrogens is 1. The Labute approximate surface area is 93.4 Å². The summed E-state index contributed by atoms with van der Waals surface area (Å²) < 4.78 is 1.99. The Hall–Kier alpha value is -2.22. The average Bonchev–Trinajstić information content (AvgIpc) is 2.74. The van der Waals surface area contributed by atoms with Crippen molar-refractivity contribution in [2.75, 3.05) is 0 Å². The number of benzene rings is 2. The minimum atomic E-state index is 0.295. The minimum absolute atomic E-state index is 0.295. The number of rotatable bonds is 1. The molecule has 2 nitrogen and oxygen atoms in total. The molecule has 0 atom stereocenters. The molecule has 2 aromatic carbocycles. The Bertz CT molecular complexity index is 640. The third-order valence-electron chi connectivity index (χ3n) is 2.74. The minimum Gasteiger partial charge on any atom is -0.506 e. The largest absolute Gasteiger partial charge is 0.506 e. The molecular formula is C14H11NO. The van der Waals surface area contributed by atoms with Crippen molar-refractivity contribution < 1.29 is 5.11 Å². The van der Waals surface area contributed by atoms with Crippen LogP contribution in [0.2, 0.25) is 0 Å². The Balaban J connectivity index is 2.31. The smallest absolute Gasteiger partial charge is 0.139 e. The van der Waals surface area contributed by atoms with E-state index in [0.29, 0.717) is 5.75 Å². The first-order chi connectivity index (χ1) is 7.86. The molecule has 0 aliphatic heterocycles. The van der Waals surface area contributed by atoms with Crippen molar-refractivity contribution in [2.45, 2.75) is 0 Å². The topological polar surface area (TPSA) is 25.2 Å². The average molecular weight is 209 g/mol. The number of fused-ring (bicyclic) bond motifs is 1. The normalized spacial score (nSPS) is 10.8. The molecule has 0 bridgehead atoms. The van der Waals surface area contributed by atoms with Gasteiger partial charge in [-0.05, 0) is 29.7 Å². The molecule has 1 aromatic heterocycles. The van der Waals surface area contributed by atoms with Gasteiger partial charge in [0.15, 0.2) is 0 Å². The molecule has 1 N–H and O–H groups in total. The zero-order valence-electron chi connectivity index (χ0n) is 8.67. The van der Waals surface area contributed by atoms with Gasteiger partial charge in [-0.2, -0.15) is 0 Å². The van der Waals surface area contributed by atoms with E-state index in [1.54, 1.807) is 6.07 Å². The first-order valence-corrected chi connectivity index (χ1v) is 5.21. The molecule has 0 saturated heterocycles. The van der Waals surface area contributed by atoms with E-state index >= 15 is 0 Å². The van der Waals surface area contributed by atoms with Gasteiger partial charge in [0.2, 0.25) is 0 Å². The molecule has 0 aliphatic rings. The molecule has 0 fully saturated rings. The van der Waals surface area contributed by atoms with Crippen LogP contribution in [0.5, 0.6) is 5.75 Å². The van der Waals surface area contributed by atoms with Gasteiger partial charge in [0.05, 0.1) is 11.2 Å². The van der Waals surface area contributed by atoms with Crippen LogP contribution in [0.1, 0.15) is 0 Å². The van der Waals surface area contributed by atoms with Crippen molar-refractivity contribution in [3.05, 3.63) is 60.8 Å². The van der Waals surface area contributed by atoms with Gasteiger partial charge in [0.1, 0.15) is 5.75 Å². The molecule has 0 aliphatic carbocycles. The molecule has 2 heteroatoms. The first-order valence-electron chi connectivity index (χ1n) is 5.21. The van der Waals surface area contributed by atoms with Crippen LogP contribution in [-0.2, 0) is 0 Å². The summed E-state index contributed by atoms with van der Waals surface area (Å²) in [6.07, 6.45) is 1.97. The summed E-state index contributed by atoms with van der Waals surface area (Å²) in [6, 6.07) is 17.5. The van der Waals surface area contributed by atoms with Crippen LogP contribution in [0.4, 0.5) is 0 Å². The molecule has 0 amide bonds. The maximum Gasteiger partial charge on any atom is 0.139 e. The number of nitrogens with zero attached hydrogens (tertiary/aromatic N) is 1. The third-order valence-corrected chi connectivity index (χ3v) is 2.74. The molecule has 0 radical (unpaired) electrons. The lowest BCUT2D eigenvalue weighted by atomic mass is 10.2. The maximum atomic E-state index is 9.82. The number of phenolic OH excluding ortho intramolecular Hbond substituents is 1. The Kier molecular flexibility index (Phi) is 1.93. The lowest BCUT2D eigenvalue weighted by molar-refractivity contribution is 0.473. The van der Waals surface area contributed by atoms with Gasteiger partial charge in [-0.3, -0.25) is 0 Å². The highest BCUT2D eigenvalue weighted by molar-refractivity contribution is 5.82. The summed E-state index contributed by atoms with van der Waals surface area (Å²) >= 11 is 0. The zero-order chi connectivity index (χ0) is 11.0. The number of para-hydroxylation sites is 3. The van der Waals surface area contributed by atoms with E-state index in [1.807, 2.05) is 53.2 Å². The van der Waals surface area contributed by atoms with Crippen molar-refractivity contribution >= 4 is 10.9 Å². The fraction of sp³-hybridized carbons (Fsp3) is 0. The SMILES string of the molecule is Oc1ccccc1-n1ccc2ccccc21. The zero-order valence-corrected chi connectivity index (χ0v) is 8.67. The van der Waals surface area contributed by atoms with Crippen LogP contribution in [0.15, 0.2) is 60.8 Å². The molecule has 78 valence electrons. The molecule has 16 heavy (non-hydrogen) atoms. The molecule has 0 spiro atoms. The highest BCUT2D eigenvalue weighted by atomic mass is 16.3. The standard InChI is InChI=1S/C14H11NO/c16-14-8-4-3-7-13(14)15-10-9-11-5-1-2-6-12(11)15/h1-10,16H. The van der Waals surface area contributed by atoms with Crippen LogP contribution < -0.4 is 0 Å². The fourth-order valence-corrected chi connectivity index (χ4v) is 1.96. The monoisotopic (exact) mass is 209 g/mol. The molecule has 0 saturated carbocycles. The second-order valence-corrected chi connectivity index (χ2v) is 3.73. The van der Waals surface area contributed by atoms with Crippen molar-refractivity contribution in [3.8, 4) is 11.4 Å². The Morgan fingerprint density at radius 1 is 0.812 bits per heavy atom. The molecular weight excluding hydrogens is 198 g/mol. The lowest BCUT2D eigenvalue weighted by Gasteiger charge is -2.07. The number of phenols is 1. The van der Waals surface area contributed by atoms with Crippen LogP contribution in [-0.4, -0.2) is 9.67 Å². The van der Waals surface area contributed by atoms with Gasteiger partial charge in [-0.15, -0.1) is 0 Å². The quantitative estimate of drug-likeness (QED) is 0.653. The molecule has 3 aromatic rings. The summed E-state index contributed by atoms with van der Waals surface area (Å²) in [5.74, 6) is 0.295. The van der Waals surface area contributed by atoms with E-state index in [-0.39, 0.29) is 0 Å². The predicted molar refractivity (Wildman–Crippen MR) is 64.9 cm³/mol. The first kappa shape index (κ1) is 9.04. The van der Waals surface area contributed by atoms with Gasteiger partial charge in [-0.25, -0.2) is 0 Å². The van der Waals surface area contributed by atoms with Crippen molar-refractivity contribution in [2.24, 2.45) is 0 Å². The van der Waals surface area contributed by atoms with Gasteiger partial charge < -0.3 is 9.67 Å². The number of aromatic hydroxyl groups is 1. The van der Waals surface area contributed by atoms with Gasteiger partial charge in [0.25, 0.3) is 0 Å². The van der Waals surface area contributed by atoms with Crippen molar-refractivity contribution in [3.63, 3.8) is 0 Å². The highest BCUT2D eigenvalue weighted by Crippen LogP contribution is 2.25.